The highest BCUT2D eigenvalue weighted by atomic mass is 19.3. The molecule has 0 bridgehead atoms. The van der Waals surface area contributed by atoms with Gasteiger partial charge in [-0.05, 0) is 47.5 Å². The molecule has 8 heteroatoms. The Balaban J connectivity index is 1.49. The van der Waals surface area contributed by atoms with Crippen LogP contribution >= 0.6 is 0 Å². The zero-order valence-corrected chi connectivity index (χ0v) is 18.8. The van der Waals surface area contributed by atoms with Gasteiger partial charge in [-0.3, -0.25) is 14.6 Å². The van der Waals surface area contributed by atoms with Crippen LogP contribution in [0, 0.1) is 5.82 Å². The van der Waals surface area contributed by atoms with E-state index in [-0.39, 0.29) is 18.1 Å². The van der Waals surface area contributed by atoms with Gasteiger partial charge in [-0.1, -0.05) is 36.4 Å². The van der Waals surface area contributed by atoms with Gasteiger partial charge in [0, 0.05) is 30.2 Å². The molecule has 3 aromatic carbocycles. The van der Waals surface area contributed by atoms with Gasteiger partial charge in [0.15, 0.2) is 0 Å². The van der Waals surface area contributed by atoms with Crippen LogP contribution in [-0.4, -0.2) is 29.5 Å². The number of carbonyl (C=O) groups is 2. The standard InChI is InChI=1S/C27H22F3N3O2/c1-27(29,30)26(35)32-22-14-23(34)33(25(22)17-5-3-2-4-6-17)20-11-12-21-18(13-20)15-31-24(21)16-7-9-19(28)10-8-16/h2-13,22,25H,14-15H2,1H3,(H,32,35)/t22-,25+/m0/s1. The number of carbonyl (C=O) groups excluding carboxylic acids is 2. The van der Waals surface area contributed by atoms with E-state index < -0.39 is 23.9 Å². The van der Waals surface area contributed by atoms with Crippen LogP contribution in [0.5, 0.6) is 0 Å². The number of rotatable bonds is 5. The van der Waals surface area contributed by atoms with E-state index in [1.54, 1.807) is 35.2 Å². The van der Waals surface area contributed by atoms with Crippen LogP contribution in [0.25, 0.3) is 0 Å². The number of alkyl halides is 2. The molecule has 0 unspecified atom stereocenters. The second-order valence-electron chi connectivity index (χ2n) is 8.80. The van der Waals surface area contributed by atoms with Crippen LogP contribution in [0.1, 0.15) is 41.6 Å². The Bertz CT molecular complexity index is 1320. The minimum absolute atomic E-state index is 0.101. The lowest BCUT2D eigenvalue weighted by Gasteiger charge is -2.30. The lowest BCUT2D eigenvalue weighted by molar-refractivity contribution is -0.143. The normalized spacial score (nSPS) is 19.5. The lowest BCUT2D eigenvalue weighted by atomic mass is 9.97. The van der Waals surface area contributed by atoms with Crippen molar-refractivity contribution < 1.29 is 22.8 Å². The van der Waals surface area contributed by atoms with Crippen molar-refractivity contribution >= 4 is 23.2 Å². The minimum atomic E-state index is -3.56. The van der Waals surface area contributed by atoms with Crippen LogP contribution in [0.3, 0.4) is 0 Å². The number of benzene rings is 3. The van der Waals surface area contributed by atoms with Gasteiger partial charge in [0.05, 0.1) is 24.3 Å². The molecule has 1 fully saturated rings. The van der Waals surface area contributed by atoms with Crippen molar-refractivity contribution in [1.82, 2.24) is 5.32 Å². The highest BCUT2D eigenvalue weighted by Gasteiger charge is 2.45. The first-order valence-corrected chi connectivity index (χ1v) is 11.2. The second-order valence-corrected chi connectivity index (χ2v) is 8.80. The molecular weight excluding hydrogens is 455 g/mol. The van der Waals surface area contributed by atoms with E-state index in [0.717, 1.165) is 28.0 Å². The summed E-state index contributed by atoms with van der Waals surface area (Å²) < 4.78 is 40.6. The van der Waals surface area contributed by atoms with Gasteiger partial charge < -0.3 is 10.2 Å². The molecule has 0 saturated carbocycles. The van der Waals surface area contributed by atoms with Crippen molar-refractivity contribution in [3.63, 3.8) is 0 Å². The van der Waals surface area contributed by atoms with Crippen LogP contribution in [0.2, 0.25) is 0 Å². The molecule has 5 nitrogen and oxygen atoms in total. The van der Waals surface area contributed by atoms with E-state index in [1.807, 2.05) is 30.3 Å². The number of hydrogen-bond acceptors (Lipinski definition) is 3. The van der Waals surface area contributed by atoms with E-state index in [4.69, 9.17) is 0 Å². The predicted molar refractivity (Wildman–Crippen MR) is 126 cm³/mol. The van der Waals surface area contributed by atoms with Gasteiger partial charge in [0.25, 0.3) is 5.91 Å². The first-order chi connectivity index (χ1) is 16.7. The number of aliphatic imine (C=N–C) groups is 1. The average molecular weight is 477 g/mol. The summed E-state index contributed by atoms with van der Waals surface area (Å²) in [6.45, 7) is 0.934. The number of anilines is 1. The zero-order chi connectivity index (χ0) is 24.7. The molecular formula is C27H22F3N3O2. The quantitative estimate of drug-likeness (QED) is 0.574. The molecule has 3 aromatic rings. The van der Waals surface area contributed by atoms with Gasteiger partial charge in [-0.15, -0.1) is 0 Å². The third kappa shape index (κ3) is 4.32. The van der Waals surface area contributed by atoms with Gasteiger partial charge in [-0.25, -0.2) is 4.39 Å². The molecule has 2 aliphatic rings. The van der Waals surface area contributed by atoms with Gasteiger partial charge >= 0.3 is 5.92 Å². The molecule has 1 N–H and O–H groups in total. The Morgan fingerprint density at radius 1 is 1.06 bits per heavy atom. The van der Waals surface area contributed by atoms with Gasteiger partial charge in [0.1, 0.15) is 5.82 Å². The monoisotopic (exact) mass is 477 g/mol. The topological polar surface area (TPSA) is 61.8 Å². The highest BCUT2D eigenvalue weighted by Crippen LogP contribution is 2.39. The maximum Gasteiger partial charge on any atom is 0.321 e. The minimum Gasteiger partial charge on any atom is -0.345 e. The lowest BCUT2D eigenvalue weighted by Crippen LogP contribution is -2.46. The molecule has 0 aromatic heterocycles. The molecule has 35 heavy (non-hydrogen) atoms. The summed E-state index contributed by atoms with van der Waals surface area (Å²) in [5.74, 6) is -5.57. The maximum absolute atomic E-state index is 13.6. The van der Waals surface area contributed by atoms with Crippen molar-refractivity contribution in [1.29, 1.82) is 0 Å². The first-order valence-electron chi connectivity index (χ1n) is 11.2. The van der Waals surface area contributed by atoms with Crippen molar-refractivity contribution in [2.75, 3.05) is 4.90 Å². The van der Waals surface area contributed by atoms with Crippen molar-refractivity contribution in [2.45, 2.75) is 37.9 Å². The summed E-state index contributed by atoms with van der Waals surface area (Å²) >= 11 is 0. The molecule has 0 aliphatic carbocycles. The van der Waals surface area contributed by atoms with Gasteiger partial charge in [0.2, 0.25) is 5.91 Å². The van der Waals surface area contributed by atoms with Gasteiger partial charge in [-0.2, -0.15) is 8.78 Å². The Kier molecular flexibility index (Phi) is 5.67. The SMILES string of the molecule is CC(F)(F)C(=O)N[C@H]1CC(=O)N(c2ccc3c(c2)CN=C3c2ccc(F)cc2)[C@@H]1c1ccccc1. The van der Waals surface area contributed by atoms with Crippen LogP contribution < -0.4 is 10.2 Å². The smallest absolute Gasteiger partial charge is 0.321 e. The summed E-state index contributed by atoms with van der Waals surface area (Å²) in [6.07, 6.45) is -0.101. The number of hydrogen-bond donors (Lipinski definition) is 1. The number of amides is 2. The Labute approximate surface area is 200 Å². The van der Waals surface area contributed by atoms with E-state index in [9.17, 15) is 22.8 Å². The molecule has 2 heterocycles. The highest BCUT2D eigenvalue weighted by molar-refractivity contribution is 6.15. The molecule has 0 spiro atoms. The predicted octanol–water partition coefficient (Wildman–Crippen LogP) is 4.79. The Hall–Kier alpha value is -3.94. The van der Waals surface area contributed by atoms with E-state index in [1.165, 1.54) is 12.1 Å². The fourth-order valence-electron chi connectivity index (χ4n) is 4.69. The van der Waals surface area contributed by atoms with Crippen LogP contribution in [0.4, 0.5) is 18.9 Å². The molecule has 178 valence electrons. The average Bonchev–Trinajstić information content (AvgIpc) is 3.39. The van der Waals surface area contributed by atoms with Crippen LogP contribution in [0.15, 0.2) is 77.8 Å². The molecule has 0 radical (unpaired) electrons. The first kappa shape index (κ1) is 22.8. The summed E-state index contributed by atoms with van der Waals surface area (Å²) in [5, 5.41) is 2.38. The van der Waals surface area contributed by atoms with E-state index in [0.29, 0.717) is 19.2 Å². The van der Waals surface area contributed by atoms with Crippen LogP contribution in [-0.2, 0) is 16.1 Å². The second kappa shape index (κ2) is 8.69. The summed E-state index contributed by atoms with van der Waals surface area (Å²) in [4.78, 5) is 31.4. The number of fused-ring (bicyclic) bond motifs is 1. The number of nitrogens with zero attached hydrogens (tertiary/aromatic N) is 2. The zero-order valence-electron chi connectivity index (χ0n) is 18.8. The summed E-state index contributed by atoms with van der Waals surface area (Å²) in [7, 11) is 0. The molecule has 5 rings (SSSR count). The maximum atomic E-state index is 13.6. The van der Waals surface area contributed by atoms with Crippen molar-refractivity contribution in [2.24, 2.45) is 4.99 Å². The fourth-order valence-corrected chi connectivity index (χ4v) is 4.69. The van der Waals surface area contributed by atoms with E-state index in [2.05, 4.69) is 10.3 Å². The summed E-state index contributed by atoms with van der Waals surface area (Å²) in [5.41, 5.74) is 4.65. The fraction of sp³-hybridized carbons (Fsp3) is 0.222. The Morgan fingerprint density at radius 2 is 1.77 bits per heavy atom. The largest absolute Gasteiger partial charge is 0.345 e. The molecule has 2 amide bonds. The molecule has 2 aliphatic heterocycles. The van der Waals surface area contributed by atoms with Crippen molar-refractivity contribution in [3.8, 4) is 0 Å². The molecule has 1 saturated heterocycles. The third-order valence-electron chi connectivity index (χ3n) is 6.33. The Morgan fingerprint density at radius 3 is 2.46 bits per heavy atom. The number of nitrogens with one attached hydrogen (secondary N) is 1. The van der Waals surface area contributed by atoms with Crippen molar-refractivity contribution in [3.05, 3.63) is 101 Å². The third-order valence-corrected chi connectivity index (χ3v) is 6.33. The number of halogens is 3. The summed E-state index contributed by atoms with van der Waals surface area (Å²) in [6, 6.07) is 19.2. The molecule has 2 atom stereocenters. The van der Waals surface area contributed by atoms with E-state index >= 15 is 0 Å².